The molecule has 0 aliphatic heterocycles. The molecule has 94 valence electrons. The first-order valence-corrected chi connectivity index (χ1v) is 5.65. The summed E-state index contributed by atoms with van der Waals surface area (Å²) in [5.74, 6) is 0. The number of halogens is 2. The third-order valence-electron chi connectivity index (χ3n) is 2.79. The van der Waals surface area contributed by atoms with E-state index in [1.165, 1.54) is 0 Å². The van der Waals surface area contributed by atoms with Crippen LogP contribution in [0.1, 0.15) is 12.5 Å². The zero-order valence-corrected chi connectivity index (χ0v) is 11.4. The fourth-order valence-electron chi connectivity index (χ4n) is 1.75. The Labute approximate surface area is 117 Å². The van der Waals surface area contributed by atoms with E-state index in [0.29, 0.717) is 11.6 Å². The first-order chi connectivity index (χ1) is 8.14. The number of hydrogen-bond donors (Lipinski definition) is 0. The Bertz CT molecular complexity index is 528. The van der Waals surface area contributed by atoms with E-state index < -0.39 is 5.41 Å². The standard InChI is InChI=1S/C13H12ClN3.ClH/c1-13(8-15,9-17-7-6-16-10-17)11-2-4-12(14)5-3-11;/h2-7,10H,9H2,1H3;1H. The summed E-state index contributed by atoms with van der Waals surface area (Å²) in [5.41, 5.74) is 0.378. The number of hydrogen-bond acceptors (Lipinski definition) is 2. The molecule has 2 aromatic rings. The van der Waals surface area contributed by atoms with Gasteiger partial charge in [-0.25, -0.2) is 4.98 Å². The third-order valence-corrected chi connectivity index (χ3v) is 3.04. The molecule has 1 atom stereocenters. The van der Waals surface area contributed by atoms with Crippen LogP contribution in [-0.4, -0.2) is 9.55 Å². The summed E-state index contributed by atoms with van der Waals surface area (Å²) in [6.45, 7) is 2.49. The van der Waals surface area contributed by atoms with Gasteiger partial charge in [-0.2, -0.15) is 5.26 Å². The molecular weight excluding hydrogens is 269 g/mol. The van der Waals surface area contributed by atoms with Gasteiger partial charge in [0.1, 0.15) is 0 Å². The molecule has 1 heterocycles. The summed E-state index contributed by atoms with van der Waals surface area (Å²) >= 11 is 5.85. The van der Waals surface area contributed by atoms with Crippen molar-refractivity contribution >= 4 is 24.0 Å². The van der Waals surface area contributed by atoms with Gasteiger partial charge in [0.15, 0.2) is 0 Å². The lowest BCUT2D eigenvalue weighted by Gasteiger charge is -2.22. The average molecular weight is 282 g/mol. The lowest BCUT2D eigenvalue weighted by atomic mass is 9.84. The number of rotatable bonds is 3. The van der Waals surface area contributed by atoms with E-state index in [0.717, 1.165) is 5.56 Å². The summed E-state index contributed by atoms with van der Waals surface area (Å²) in [6.07, 6.45) is 5.27. The second kappa shape index (κ2) is 5.90. The maximum absolute atomic E-state index is 9.39. The average Bonchev–Trinajstić information content (AvgIpc) is 2.82. The lowest BCUT2D eigenvalue weighted by molar-refractivity contribution is 0.496. The fourth-order valence-corrected chi connectivity index (χ4v) is 1.88. The molecule has 2 rings (SSSR count). The number of nitrogens with zero attached hydrogens (tertiary/aromatic N) is 3. The smallest absolute Gasteiger partial charge is 0.0972 e. The summed E-state index contributed by atoms with van der Waals surface area (Å²) in [7, 11) is 0. The minimum absolute atomic E-state index is 0. The summed E-state index contributed by atoms with van der Waals surface area (Å²) in [4.78, 5) is 3.98. The zero-order chi connectivity index (χ0) is 12.3. The topological polar surface area (TPSA) is 41.6 Å². The molecule has 1 aromatic carbocycles. The van der Waals surface area contributed by atoms with Gasteiger partial charge in [-0.15, -0.1) is 12.4 Å². The van der Waals surface area contributed by atoms with E-state index in [1.807, 2.05) is 29.8 Å². The highest BCUT2D eigenvalue weighted by Crippen LogP contribution is 2.26. The van der Waals surface area contributed by atoms with E-state index in [9.17, 15) is 5.26 Å². The molecule has 0 aliphatic carbocycles. The molecule has 0 bridgehead atoms. The van der Waals surface area contributed by atoms with Gasteiger partial charge < -0.3 is 4.57 Å². The molecule has 0 amide bonds. The van der Waals surface area contributed by atoms with Crippen molar-refractivity contribution in [3.8, 4) is 6.07 Å². The molecule has 0 N–H and O–H groups in total. The van der Waals surface area contributed by atoms with Crippen LogP contribution in [0, 0.1) is 11.3 Å². The first-order valence-electron chi connectivity index (χ1n) is 5.27. The second-order valence-corrected chi connectivity index (χ2v) is 4.62. The summed E-state index contributed by atoms with van der Waals surface area (Å²) < 4.78 is 1.90. The van der Waals surface area contributed by atoms with Crippen molar-refractivity contribution in [1.29, 1.82) is 5.26 Å². The van der Waals surface area contributed by atoms with Crippen LogP contribution in [0.3, 0.4) is 0 Å². The molecule has 1 aromatic heterocycles. The SMILES string of the molecule is CC(C#N)(Cn1ccnc1)c1ccc(Cl)cc1.Cl. The van der Waals surface area contributed by atoms with Crippen molar-refractivity contribution in [2.45, 2.75) is 18.9 Å². The Balaban J connectivity index is 0.00000162. The molecule has 18 heavy (non-hydrogen) atoms. The van der Waals surface area contributed by atoms with Crippen LogP contribution in [0.5, 0.6) is 0 Å². The molecule has 0 radical (unpaired) electrons. The second-order valence-electron chi connectivity index (χ2n) is 4.19. The monoisotopic (exact) mass is 281 g/mol. The maximum atomic E-state index is 9.39. The van der Waals surface area contributed by atoms with E-state index in [-0.39, 0.29) is 12.4 Å². The molecule has 0 saturated heterocycles. The van der Waals surface area contributed by atoms with Crippen molar-refractivity contribution in [3.05, 3.63) is 53.6 Å². The molecule has 0 fully saturated rings. The van der Waals surface area contributed by atoms with Crippen molar-refractivity contribution in [2.75, 3.05) is 0 Å². The predicted octanol–water partition coefficient (Wildman–Crippen LogP) is 3.44. The zero-order valence-electron chi connectivity index (χ0n) is 9.88. The summed E-state index contributed by atoms with van der Waals surface area (Å²) in [6, 6.07) is 9.76. The minimum atomic E-state index is -0.578. The van der Waals surface area contributed by atoms with Crippen LogP contribution in [0.4, 0.5) is 0 Å². The van der Waals surface area contributed by atoms with E-state index in [1.54, 1.807) is 24.7 Å². The normalized spacial score (nSPS) is 13.2. The van der Waals surface area contributed by atoms with Crippen molar-refractivity contribution in [3.63, 3.8) is 0 Å². The molecule has 0 saturated carbocycles. The van der Waals surface area contributed by atoms with Crippen molar-refractivity contribution in [2.24, 2.45) is 0 Å². The quantitative estimate of drug-likeness (QED) is 0.865. The molecular formula is C13H13Cl2N3. The number of nitriles is 1. The predicted molar refractivity (Wildman–Crippen MR) is 73.9 cm³/mol. The van der Waals surface area contributed by atoms with Gasteiger partial charge in [-0.05, 0) is 24.6 Å². The van der Waals surface area contributed by atoms with Crippen LogP contribution in [-0.2, 0) is 12.0 Å². The van der Waals surface area contributed by atoms with E-state index in [4.69, 9.17) is 11.6 Å². The van der Waals surface area contributed by atoms with E-state index in [2.05, 4.69) is 11.1 Å². The van der Waals surface area contributed by atoms with E-state index >= 15 is 0 Å². The Morgan fingerprint density at radius 3 is 2.56 bits per heavy atom. The molecule has 5 heteroatoms. The van der Waals surface area contributed by atoms with Gasteiger partial charge in [-0.1, -0.05) is 23.7 Å². The van der Waals surface area contributed by atoms with Gasteiger partial charge in [-0.3, -0.25) is 0 Å². The number of aromatic nitrogens is 2. The fraction of sp³-hybridized carbons (Fsp3) is 0.231. The largest absolute Gasteiger partial charge is 0.336 e. The highest BCUT2D eigenvalue weighted by molar-refractivity contribution is 6.30. The third kappa shape index (κ3) is 3.04. The van der Waals surface area contributed by atoms with Gasteiger partial charge in [0.05, 0.1) is 17.8 Å². The van der Waals surface area contributed by atoms with Crippen LogP contribution in [0.25, 0.3) is 0 Å². The Hall–Kier alpha value is -1.50. The lowest BCUT2D eigenvalue weighted by Crippen LogP contribution is -2.25. The Morgan fingerprint density at radius 1 is 1.39 bits per heavy atom. The number of benzene rings is 1. The molecule has 1 unspecified atom stereocenters. The highest BCUT2D eigenvalue weighted by atomic mass is 35.5. The Morgan fingerprint density at radius 2 is 2.06 bits per heavy atom. The highest BCUT2D eigenvalue weighted by Gasteiger charge is 2.26. The van der Waals surface area contributed by atoms with Gasteiger partial charge in [0.2, 0.25) is 0 Å². The van der Waals surface area contributed by atoms with Crippen LogP contribution < -0.4 is 0 Å². The molecule has 0 aliphatic rings. The molecule has 0 spiro atoms. The van der Waals surface area contributed by atoms with Crippen molar-refractivity contribution < 1.29 is 0 Å². The van der Waals surface area contributed by atoms with Gasteiger partial charge >= 0.3 is 0 Å². The number of imidazole rings is 1. The van der Waals surface area contributed by atoms with Crippen LogP contribution in [0.2, 0.25) is 5.02 Å². The van der Waals surface area contributed by atoms with Gasteiger partial charge in [0.25, 0.3) is 0 Å². The maximum Gasteiger partial charge on any atom is 0.0972 e. The van der Waals surface area contributed by atoms with Gasteiger partial charge in [0, 0.05) is 24.0 Å². The van der Waals surface area contributed by atoms with Crippen LogP contribution in [0.15, 0.2) is 43.0 Å². The van der Waals surface area contributed by atoms with Crippen LogP contribution >= 0.6 is 24.0 Å². The summed E-state index contributed by atoms with van der Waals surface area (Å²) in [5, 5.41) is 10.1. The van der Waals surface area contributed by atoms with Crippen molar-refractivity contribution in [1.82, 2.24) is 9.55 Å². The first kappa shape index (κ1) is 14.6. The minimum Gasteiger partial charge on any atom is -0.336 e. The molecule has 3 nitrogen and oxygen atoms in total. The Kier molecular flexibility index (Phi) is 4.77.